The maximum Gasteiger partial charge on any atom is 0.162 e. The van der Waals surface area contributed by atoms with Crippen LogP contribution in [0.5, 0.6) is 0 Å². The highest BCUT2D eigenvalue weighted by molar-refractivity contribution is 7.98. The number of carbonyl (C=O) groups is 1. The van der Waals surface area contributed by atoms with Gasteiger partial charge in [-0.15, -0.1) is 11.8 Å². The van der Waals surface area contributed by atoms with E-state index in [0.29, 0.717) is 34.7 Å². The molecule has 2 heterocycles. The number of benzene rings is 2. The summed E-state index contributed by atoms with van der Waals surface area (Å²) in [4.78, 5) is 21.1. The number of pyridine rings is 1. The summed E-state index contributed by atoms with van der Waals surface area (Å²) < 4.78 is 0. The molecule has 1 aromatic heterocycles. The molecule has 1 atom stereocenters. The first-order valence-electron chi connectivity index (χ1n) is 13.1. The number of allylic oxidation sites excluding steroid dienone is 3. The Morgan fingerprint density at radius 1 is 1.15 bits per heavy atom. The molecule has 5 nitrogen and oxygen atoms in total. The first-order chi connectivity index (χ1) is 19.0. The number of nitrogens with two attached hydrogens (primary N) is 1. The van der Waals surface area contributed by atoms with Crippen molar-refractivity contribution < 1.29 is 4.79 Å². The molecule has 8 heteroatoms. The van der Waals surface area contributed by atoms with Gasteiger partial charge in [0.1, 0.15) is 5.82 Å². The number of halogens is 2. The zero-order valence-electron chi connectivity index (χ0n) is 22.9. The van der Waals surface area contributed by atoms with Crippen LogP contribution < -0.4 is 10.6 Å². The Balaban J connectivity index is 1.67. The molecule has 2 N–H and O–H groups in total. The fraction of sp³-hybridized carbons (Fsp3) is 0.281. The number of hydrogen-bond acceptors (Lipinski definition) is 6. The lowest BCUT2D eigenvalue weighted by Gasteiger charge is -2.44. The van der Waals surface area contributed by atoms with E-state index in [4.69, 9.17) is 28.9 Å². The van der Waals surface area contributed by atoms with Crippen LogP contribution in [-0.4, -0.2) is 10.8 Å². The summed E-state index contributed by atoms with van der Waals surface area (Å²) in [6.45, 7) is 8.27. The van der Waals surface area contributed by atoms with E-state index < -0.39 is 5.92 Å². The monoisotopic (exact) mass is 588 g/mol. The summed E-state index contributed by atoms with van der Waals surface area (Å²) in [6.07, 6.45) is 2.60. The quantitative estimate of drug-likeness (QED) is 0.238. The maximum absolute atomic E-state index is 14.0. The molecule has 1 aliphatic heterocycles. The third-order valence-electron chi connectivity index (χ3n) is 7.58. The molecular weight excluding hydrogens is 559 g/mol. The highest BCUT2D eigenvalue weighted by atomic mass is 35.5. The molecule has 40 heavy (non-hydrogen) atoms. The average molecular weight is 590 g/mol. The number of carbonyl (C=O) groups excluding carboxylic acids is 1. The van der Waals surface area contributed by atoms with Crippen LogP contribution in [0.4, 0.5) is 5.69 Å². The van der Waals surface area contributed by atoms with Gasteiger partial charge < -0.3 is 5.73 Å². The predicted molar refractivity (Wildman–Crippen MR) is 163 cm³/mol. The van der Waals surface area contributed by atoms with Crippen LogP contribution in [0.25, 0.3) is 0 Å². The van der Waals surface area contributed by atoms with E-state index in [9.17, 15) is 10.1 Å². The van der Waals surface area contributed by atoms with Gasteiger partial charge in [0.25, 0.3) is 0 Å². The number of aromatic nitrogens is 1. The largest absolute Gasteiger partial charge is 0.384 e. The molecule has 5 rings (SSSR count). The number of rotatable bonds is 5. The second-order valence-electron chi connectivity index (χ2n) is 11.2. The topological polar surface area (TPSA) is 83.0 Å². The van der Waals surface area contributed by atoms with E-state index in [1.807, 2.05) is 37.3 Å². The van der Waals surface area contributed by atoms with E-state index in [-0.39, 0.29) is 22.2 Å². The third kappa shape index (κ3) is 5.26. The third-order valence-corrected chi connectivity index (χ3v) is 9.18. The zero-order valence-corrected chi connectivity index (χ0v) is 25.2. The van der Waals surface area contributed by atoms with Crippen LogP contribution in [0.3, 0.4) is 0 Å². The molecule has 0 spiro atoms. The van der Waals surface area contributed by atoms with Crippen LogP contribution in [0.15, 0.2) is 82.3 Å². The van der Waals surface area contributed by atoms with Gasteiger partial charge in [-0.3, -0.25) is 9.69 Å². The first kappa shape index (κ1) is 28.3. The summed E-state index contributed by atoms with van der Waals surface area (Å²) in [5.41, 5.74) is 13.0. The molecule has 3 aromatic rings. The van der Waals surface area contributed by atoms with Gasteiger partial charge in [0.2, 0.25) is 0 Å². The van der Waals surface area contributed by atoms with Gasteiger partial charge in [-0.1, -0.05) is 54.7 Å². The SMILES string of the molecule is Cc1cc(CSc2ccc(Cl)cc2)c(C)c(C2C(C#N)=C(N)N(c3cccnc3Cl)C3=C2C(=O)CC(C)(C)C3)c1. The fourth-order valence-electron chi connectivity index (χ4n) is 5.74. The molecule has 0 amide bonds. The lowest BCUT2D eigenvalue weighted by molar-refractivity contribution is -0.118. The number of thioether (sulfide) groups is 1. The zero-order chi connectivity index (χ0) is 28.8. The molecule has 0 bridgehead atoms. The van der Waals surface area contributed by atoms with E-state index >= 15 is 0 Å². The van der Waals surface area contributed by atoms with Crippen molar-refractivity contribution in [3.8, 4) is 6.07 Å². The van der Waals surface area contributed by atoms with Gasteiger partial charge in [0.15, 0.2) is 10.9 Å². The molecule has 0 saturated carbocycles. The molecule has 0 fully saturated rings. The van der Waals surface area contributed by atoms with Crippen LogP contribution in [-0.2, 0) is 10.5 Å². The molecule has 1 aliphatic carbocycles. The molecule has 2 aromatic carbocycles. The molecule has 0 saturated heterocycles. The smallest absolute Gasteiger partial charge is 0.162 e. The summed E-state index contributed by atoms with van der Waals surface area (Å²) in [7, 11) is 0. The van der Waals surface area contributed by atoms with Gasteiger partial charge in [-0.25, -0.2) is 4.98 Å². The Morgan fingerprint density at radius 3 is 2.55 bits per heavy atom. The van der Waals surface area contributed by atoms with Crippen LogP contribution in [0.1, 0.15) is 54.9 Å². The standard InChI is InChI=1S/C32H30Cl2N4OS/c1-18-12-20(17-40-22-9-7-21(33)8-10-22)19(2)23(13-18)28-24(16-35)31(36)38(25-6-5-11-37-30(25)34)26-14-32(3,4)15-27(39)29(26)28/h5-13,28H,14-15,17,36H2,1-4H3. The Hall–Kier alpha value is -3.24. The normalized spacial score (nSPS) is 18.6. The molecule has 2 aliphatic rings. The van der Waals surface area contributed by atoms with E-state index in [0.717, 1.165) is 38.6 Å². The summed E-state index contributed by atoms with van der Waals surface area (Å²) >= 11 is 14.3. The highest BCUT2D eigenvalue weighted by Gasteiger charge is 2.45. The summed E-state index contributed by atoms with van der Waals surface area (Å²) in [6, 6.07) is 18.0. The average Bonchev–Trinajstić information content (AvgIpc) is 2.89. The number of nitrogens with zero attached hydrogens (tertiary/aromatic N) is 3. The Morgan fingerprint density at radius 2 is 1.88 bits per heavy atom. The Labute approximate surface area is 249 Å². The van der Waals surface area contributed by atoms with E-state index in [1.165, 1.54) is 0 Å². The second-order valence-corrected chi connectivity index (χ2v) is 13.0. The minimum Gasteiger partial charge on any atom is -0.384 e. The Bertz CT molecular complexity index is 1620. The van der Waals surface area contributed by atoms with Gasteiger partial charge in [-0.2, -0.15) is 5.26 Å². The fourth-order valence-corrected chi connectivity index (χ4v) is 7.03. The number of hydrogen-bond donors (Lipinski definition) is 1. The molecule has 204 valence electrons. The van der Waals surface area contributed by atoms with Crippen molar-refractivity contribution in [3.05, 3.63) is 110 Å². The molecule has 1 unspecified atom stereocenters. The minimum atomic E-state index is -0.561. The number of anilines is 1. The van der Waals surface area contributed by atoms with Crippen LogP contribution in [0, 0.1) is 30.6 Å². The number of aryl methyl sites for hydroxylation is 1. The van der Waals surface area contributed by atoms with Gasteiger partial charge >= 0.3 is 0 Å². The van der Waals surface area contributed by atoms with E-state index in [1.54, 1.807) is 28.9 Å². The number of ketones is 1. The van der Waals surface area contributed by atoms with Gasteiger partial charge in [-0.05, 0) is 78.8 Å². The van der Waals surface area contributed by atoms with Crippen LogP contribution >= 0.6 is 35.0 Å². The van der Waals surface area contributed by atoms with Crippen molar-refractivity contribution in [1.82, 2.24) is 4.98 Å². The maximum atomic E-state index is 14.0. The van der Waals surface area contributed by atoms with Crippen molar-refractivity contribution >= 4 is 46.4 Å². The lowest BCUT2D eigenvalue weighted by atomic mass is 9.68. The first-order valence-corrected chi connectivity index (χ1v) is 14.8. The van der Waals surface area contributed by atoms with Crippen molar-refractivity contribution in [3.63, 3.8) is 0 Å². The van der Waals surface area contributed by atoms with Gasteiger partial charge in [0.05, 0.1) is 23.2 Å². The predicted octanol–water partition coefficient (Wildman–Crippen LogP) is 8.24. The van der Waals surface area contributed by atoms with Crippen molar-refractivity contribution in [2.75, 3.05) is 4.90 Å². The molecular formula is C32H30Cl2N4OS. The van der Waals surface area contributed by atoms with Crippen molar-refractivity contribution in [1.29, 1.82) is 5.26 Å². The summed E-state index contributed by atoms with van der Waals surface area (Å²) in [5, 5.41) is 11.5. The molecule has 0 radical (unpaired) electrons. The number of Topliss-reactive ketones (excluding diaryl/α,β-unsaturated/α-hetero) is 1. The Kier molecular flexibility index (Phi) is 7.76. The second kappa shape index (κ2) is 11.0. The van der Waals surface area contributed by atoms with Gasteiger partial charge in [0, 0.05) is 39.6 Å². The van der Waals surface area contributed by atoms with Crippen molar-refractivity contribution in [2.45, 2.75) is 57.1 Å². The van der Waals surface area contributed by atoms with E-state index in [2.05, 4.69) is 44.0 Å². The lowest BCUT2D eigenvalue weighted by Crippen LogP contribution is -2.42. The highest BCUT2D eigenvalue weighted by Crippen LogP contribution is 2.51. The van der Waals surface area contributed by atoms with Crippen molar-refractivity contribution in [2.24, 2.45) is 11.1 Å². The minimum absolute atomic E-state index is 0.0273. The van der Waals surface area contributed by atoms with Crippen LogP contribution in [0.2, 0.25) is 10.2 Å². The summed E-state index contributed by atoms with van der Waals surface area (Å²) in [5.74, 6) is 0.485. The number of nitriles is 1.